The minimum Gasteiger partial charge on any atom is -0.393 e. The number of halogens is 2. The number of aliphatic hydroxyl groups excluding tert-OH is 1. The number of hydrogen-bond acceptors (Lipinski definition) is 1. The predicted octanol–water partition coefficient (Wildman–Crippen LogP) is 4.00. The fourth-order valence-corrected chi connectivity index (χ4v) is 3.82. The van der Waals surface area contributed by atoms with Crippen LogP contribution < -0.4 is 0 Å². The maximum absolute atomic E-state index is 13.2. The minimum absolute atomic E-state index is 0.0295. The fraction of sp³-hybridized carbons (Fsp3) is 1.00. The number of alkyl halides is 2. The highest BCUT2D eigenvalue weighted by Crippen LogP contribution is 2.45. The van der Waals surface area contributed by atoms with Crippen LogP contribution in [0.4, 0.5) is 8.78 Å². The van der Waals surface area contributed by atoms with Gasteiger partial charge in [-0.25, -0.2) is 8.78 Å². The van der Waals surface area contributed by atoms with Crippen LogP contribution in [0.1, 0.15) is 58.3 Å². The highest BCUT2D eigenvalue weighted by Gasteiger charge is 2.45. The minimum atomic E-state index is -2.53. The van der Waals surface area contributed by atoms with E-state index in [0.29, 0.717) is 12.3 Å². The zero-order chi connectivity index (χ0) is 12.5. The van der Waals surface area contributed by atoms with E-state index < -0.39 is 12.0 Å². The second-order valence-electron chi connectivity index (χ2n) is 5.97. The molecule has 0 heterocycles. The van der Waals surface area contributed by atoms with E-state index in [9.17, 15) is 13.9 Å². The van der Waals surface area contributed by atoms with E-state index in [-0.39, 0.29) is 24.7 Å². The van der Waals surface area contributed by atoms with E-state index in [2.05, 4.69) is 6.92 Å². The Morgan fingerprint density at radius 1 is 1.24 bits per heavy atom. The van der Waals surface area contributed by atoms with Gasteiger partial charge in [0.15, 0.2) is 0 Å². The first-order chi connectivity index (χ1) is 8.03. The van der Waals surface area contributed by atoms with Gasteiger partial charge in [0, 0.05) is 12.8 Å². The summed E-state index contributed by atoms with van der Waals surface area (Å²) in [4.78, 5) is 0. The van der Waals surface area contributed by atoms with Crippen molar-refractivity contribution in [2.45, 2.75) is 70.3 Å². The summed E-state index contributed by atoms with van der Waals surface area (Å²) in [6.45, 7) is 2.15. The van der Waals surface area contributed by atoms with Crippen molar-refractivity contribution in [3.05, 3.63) is 0 Å². The number of hydrogen-bond donors (Lipinski definition) is 1. The molecule has 0 aromatic heterocycles. The first kappa shape index (κ1) is 13.3. The SMILES string of the molecule is CCC1CCCCC1C(O)C1CCC(F)(F)C1. The molecular weight excluding hydrogens is 222 g/mol. The van der Waals surface area contributed by atoms with Gasteiger partial charge in [-0.05, 0) is 30.6 Å². The summed E-state index contributed by atoms with van der Waals surface area (Å²) >= 11 is 0. The van der Waals surface area contributed by atoms with Gasteiger partial charge in [0.1, 0.15) is 0 Å². The van der Waals surface area contributed by atoms with Crippen LogP contribution in [-0.4, -0.2) is 17.1 Å². The Kier molecular flexibility index (Phi) is 4.06. The quantitative estimate of drug-likeness (QED) is 0.798. The molecule has 0 spiro atoms. The van der Waals surface area contributed by atoms with E-state index in [1.165, 1.54) is 12.8 Å². The van der Waals surface area contributed by atoms with Crippen molar-refractivity contribution in [2.24, 2.45) is 17.8 Å². The molecule has 2 aliphatic rings. The molecule has 2 fully saturated rings. The Morgan fingerprint density at radius 3 is 2.53 bits per heavy atom. The Morgan fingerprint density at radius 2 is 1.94 bits per heavy atom. The summed E-state index contributed by atoms with van der Waals surface area (Å²) in [7, 11) is 0. The van der Waals surface area contributed by atoms with Gasteiger partial charge in [-0.1, -0.05) is 32.6 Å². The summed E-state index contributed by atoms with van der Waals surface area (Å²) in [5.74, 6) is -1.87. The molecule has 0 amide bonds. The molecule has 0 saturated heterocycles. The van der Waals surface area contributed by atoms with Crippen molar-refractivity contribution in [2.75, 3.05) is 0 Å². The monoisotopic (exact) mass is 246 g/mol. The standard InChI is InChI=1S/C14H24F2O/c1-2-10-5-3-4-6-12(10)13(17)11-7-8-14(15,16)9-11/h10-13,17H,2-9H2,1H3. The average Bonchev–Trinajstić information content (AvgIpc) is 2.68. The van der Waals surface area contributed by atoms with Crippen molar-refractivity contribution in [1.29, 1.82) is 0 Å². The molecule has 2 rings (SSSR count). The summed E-state index contributed by atoms with van der Waals surface area (Å²) in [5, 5.41) is 10.4. The zero-order valence-electron chi connectivity index (χ0n) is 10.7. The lowest BCUT2D eigenvalue weighted by Crippen LogP contribution is -2.35. The number of aliphatic hydroxyl groups is 1. The highest BCUT2D eigenvalue weighted by molar-refractivity contribution is 4.90. The topological polar surface area (TPSA) is 20.2 Å². The largest absolute Gasteiger partial charge is 0.393 e. The Labute approximate surface area is 103 Å². The van der Waals surface area contributed by atoms with E-state index in [0.717, 1.165) is 19.3 Å². The molecule has 0 aromatic carbocycles. The Balaban J connectivity index is 1.96. The molecule has 4 atom stereocenters. The smallest absolute Gasteiger partial charge is 0.248 e. The summed E-state index contributed by atoms with van der Waals surface area (Å²) in [6, 6.07) is 0. The molecule has 2 saturated carbocycles. The second kappa shape index (κ2) is 5.21. The van der Waals surface area contributed by atoms with Crippen LogP contribution in [-0.2, 0) is 0 Å². The molecule has 100 valence electrons. The lowest BCUT2D eigenvalue weighted by atomic mass is 9.72. The molecule has 2 aliphatic carbocycles. The Hall–Kier alpha value is -0.180. The van der Waals surface area contributed by atoms with Gasteiger partial charge in [0.2, 0.25) is 5.92 Å². The van der Waals surface area contributed by atoms with Crippen molar-refractivity contribution in [3.63, 3.8) is 0 Å². The maximum atomic E-state index is 13.2. The fourth-order valence-electron chi connectivity index (χ4n) is 3.82. The maximum Gasteiger partial charge on any atom is 0.248 e. The predicted molar refractivity (Wildman–Crippen MR) is 64.0 cm³/mol. The molecule has 0 aromatic rings. The Bertz CT molecular complexity index is 255. The van der Waals surface area contributed by atoms with Crippen LogP contribution in [0.15, 0.2) is 0 Å². The third kappa shape index (κ3) is 2.98. The zero-order valence-corrected chi connectivity index (χ0v) is 10.7. The van der Waals surface area contributed by atoms with Crippen LogP contribution in [0.5, 0.6) is 0 Å². The van der Waals surface area contributed by atoms with Gasteiger partial charge in [0.05, 0.1) is 6.10 Å². The average molecular weight is 246 g/mol. The molecule has 1 N–H and O–H groups in total. The van der Waals surface area contributed by atoms with Crippen LogP contribution >= 0.6 is 0 Å². The van der Waals surface area contributed by atoms with Gasteiger partial charge in [0.25, 0.3) is 0 Å². The lowest BCUT2D eigenvalue weighted by molar-refractivity contribution is -0.0273. The molecule has 4 unspecified atom stereocenters. The molecule has 0 aliphatic heterocycles. The molecule has 3 heteroatoms. The van der Waals surface area contributed by atoms with Gasteiger partial charge in [-0.2, -0.15) is 0 Å². The van der Waals surface area contributed by atoms with Gasteiger partial charge in [-0.15, -0.1) is 0 Å². The van der Waals surface area contributed by atoms with E-state index in [4.69, 9.17) is 0 Å². The van der Waals surface area contributed by atoms with Gasteiger partial charge >= 0.3 is 0 Å². The van der Waals surface area contributed by atoms with Crippen molar-refractivity contribution in [3.8, 4) is 0 Å². The van der Waals surface area contributed by atoms with Crippen LogP contribution in [0.25, 0.3) is 0 Å². The first-order valence-electron chi connectivity index (χ1n) is 7.09. The second-order valence-corrected chi connectivity index (χ2v) is 5.97. The molecule has 1 nitrogen and oxygen atoms in total. The number of rotatable bonds is 3. The molecule has 17 heavy (non-hydrogen) atoms. The normalized spacial score (nSPS) is 39.2. The summed E-state index contributed by atoms with van der Waals surface area (Å²) in [6.07, 6.45) is 5.55. The first-order valence-corrected chi connectivity index (χ1v) is 7.09. The molecule has 0 radical (unpaired) electrons. The van der Waals surface area contributed by atoms with Crippen molar-refractivity contribution < 1.29 is 13.9 Å². The van der Waals surface area contributed by atoms with Crippen molar-refractivity contribution in [1.82, 2.24) is 0 Å². The third-order valence-corrected chi connectivity index (χ3v) is 4.86. The van der Waals surface area contributed by atoms with E-state index >= 15 is 0 Å². The van der Waals surface area contributed by atoms with E-state index in [1.54, 1.807) is 0 Å². The molecular formula is C14H24F2O. The van der Waals surface area contributed by atoms with Crippen LogP contribution in [0.2, 0.25) is 0 Å². The molecule has 0 bridgehead atoms. The van der Waals surface area contributed by atoms with Crippen molar-refractivity contribution >= 4 is 0 Å². The van der Waals surface area contributed by atoms with E-state index in [1.807, 2.05) is 0 Å². The van der Waals surface area contributed by atoms with Gasteiger partial charge in [-0.3, -0.25) is 0 Å². The van der Waals surface area contributed by atoms with Crippen LogP contribution in [0.3, 0.4) is 0 Å². The van der Waals surface area contributed by atoms with Crippen LogP contribution in [0, 0.1) is 17.8 Å². The highest BCUT2D eigenvalue weighted by atomic mass is 19.3. The summed E-state index contributed by atoms with van der Waals surface area (Å²) < 4.78 is 26.4. The lowest BCUT2D eigenvalue weighted by Gasteiger charge is -2.36. The van der Waals surface area contributed by atoms with Gasteiger partial charge < -0.3 is 5.11 Å². The third-order valence-electron chi connectivity index (χ3n) is 4.86. The summed E-state index contributed by atoms with van der Waals surface area (Å²) in [5.41, 5.74) is 0.